The minimum absolute atomic E-state index is 0.275. The normalized spacial score (nSPS) is 10.5. The van der Waals surface area contributed by atoms with Gasteiger partial charge in [-0.1, -0.05) is 12.1 Å². The van der Waals surface area contributed by atoms with Crippen LogP contribution in [0.4, 0.5) is 4.39 Å². The Labute approximate surface area is 157 Å². The standard InChI is InChI=1S/C18H20FN3O3S/c1-23-15-9-17(25-3)16(24-2)8-13(15)11-21-22-18(26)20-10-12-4-6-14(19)7-5-12/h4-9,11H,10H2,1-3H3,(H2,20,22,26)/b21-11-. The molecular weight excluding hydrogens is 357 g/mol. The predicted molar refractivity (Wildman–Crippen MR) is 103 cm³/mol. The van der Waals surface area contributed by atoms with Gasteiger partial charge in [-0.2, -0.15) is 5.10 Å². The van der Waals surface area contributed by atoms with E-state index in [9.17, 15) is 4.39 Å². The molecule has 0 aliphatic rings. The Kier molecular flexibility index (Phi) is 7.16. The first-order chi connectivity index (χ1) is 12.6. The van der Waals surface area contributed by atoms with Crippen LogP contribution in [0.1, 0.15) is 11.1 Å². The molecule has 6 nitrogen and oxygen atoms in total. The highest BCUT2D eigenvalue weighted by atomic mass is 32.1. The number of ether oxygens (including phenoxy) is 3. The van der Waals surface area contributed by atoms with Crippen molar-refractivity contribution in [3.63, 3.8) is 0 Å². The summed E-state index contributed by atoms with van der Waals surface area (Å²) in [5, 5.41) is 7.41. The molecule has 2 rings (SSSR count). The lowest BCUT2D eigenvalue weighted by atomic mass is 10.2. The number of thiocarbonyl (C=S) groups is 1. The molecule has 2 aromatic carbocycles. The number of hydrogen-bond donors (Lipinski definition) is 2. The molecule has 0 spiro atoms. The lowest BCUT2D eigenvalue weighted by molar-refractivity contribution is 0.349. The molecule has 2 aromatic rings. The van der Waals surface area contributed by atoms with Crippen molar-refractivity contribution in [2.24, 2.45) is 5.10 Å². The topological polar surface area (TPSA) is 64.1 Å². The van der Waals surface area contributed by atoms with Crippen molar-refractivity contribution in [3.8, 4) is 17.2 Å². The molecule has 0 amide bonds. The monoisotopic (exact) mass is 377 g/mol. The van der Waals surface area contributed by atoms with Gasteiger partial charge in [0.05, 0.1) is 27.5 Å². The summed E-state index contributed by atoms with van der Waals surface area (Å²) in [6.45, 7) is 0.460. The van der Waals surface area contributed by atoms with Gasteiger partial charge in [0.1, 0.15) is 11.6 Å². The zero-order chi connectivity index (χ0) is 18.9. The first-order valence-corrected chi connectivity index (χ1v) is 8.09. The largest absolute Gasteiger partial charge is 0.496 e. The number of hydrogen-bond acceptors (Lipinski definition) is 5. The van der Waals surface area contributed by atoms with Gasteiger partial charge in [-0.25, -0.2) is 4.39 Å². The fourth-order valence-corrected chi connectivity index (χ4v) is 2.26. The maximum Gasteiger partial charge on any atom is 0.187 e. The average Bonchev–Trinajstić information content (AvgIpc) is 2.67. The van der Waals surface area contributed by atoms with Crippen LogP contribution in [0.5, 0.6) is 17.2 Å². The summed E-state index contributed by atoms with van der Waals surface area (Å²) in [7, 11) is 4.66. The Morgan fingerprint density at radius 1 is 1.04 bits per heavy atom. The van der Waals surface area contributed by atoms with Crippen LogP contribution in [-0.2, 0) is 6.54 Å². The van der Waals surface area contributed by atoms with Gasteiger partial charge in [0.2, 0.25) is 0 Å². The van der Waals surface area contributed by atoms with Crippen LogP contribution >= 0.6 is 12.2 Å². The third-order valence-electron chi connectivity index (χ3n) is 3.47. The molecular formula is C18H20FN3O3S. The molecule has 0 aromatic heterocycles. The maximum absolute atomic E-state index is 12.9. The predicted octanol–water partition coefficient (Wildman–Crippen LogP) is 2.85. The van der Waals surface area contributed by atoms with E-state index in [1.165, 1.54) is 12.1 Å². The van der Waals surface area contributed by atoms with Crippen LogP contribution in [0.2, 0.25) is 0 Å². The summed E-state index contributed by atoms with van der Waals surface area (Å²) in [6.07, 6.45) is 1.56. The third-order valence-corrected chi connectivity index (χ3v) is 3.71. The van der Waals surface area contributed by atoms with E-state index < -0.39 is 0 Å². The lowest BCUT2D eigenvalue weighted by Crippen LogP contribution is -2.31. The van der Waals surface area contributed by atoms with Crippen molar-refractivity contribution < 1.29 is 18.6 Å². The van der Waals surface area contributed by atoms with Gasteiger partial charge in [-0.15, -0.1) is 0 Å². The van der Waals surface area contributed by atoms with Crippen LogP contribution in [-0.4, -0.2) is 32.7 Å². The van der Waals surface area contributed by atoms with E-state index in [0.29, 0.717) is 34.5 Å². The van der Waals surface area contributed by atoms with Gasteiger partial charge < -0.3 is 19.5 Å². The van der Waals surface area contributed by atoms with Gasteiger partial charge in [0.15, 0.2) is 16.6 Å². The zero-order valence-corrected chi connectivity index (χ0v) is 15.5. The minimum Gasteiger partial charge on any atom is -0.496 e. The first-order valence-electron chi connectivity index (χ1n) is 7.68. The van der Waals surface area contributed by atoms with Crippen molar-refractivity contribution >= 4 is 23.5 Å². The first kappa shape index (κ1) is 19.5. The second-order valence-electron chi connectivity index (χ2n) is 5.13. The van der Waals surface area contributed by atoms with Crippen molar-refractivity contribution in [2.45, 2.75) is 6.54 Å². The summed E-state index contributed by atoms with van der Waals surface area (Å²) in [5.41, 5.74) is 4.32. The van der Waals surface area contributed by atoms with Crippen molar-refractivity contribution in [3.05, 3.63) is 53.3 Å². The Hall–Kier alpha value is -2.87. The smallest absolute Gasteiger partial charge is 0.187 e. The molecule has 0 atom stereocenters. The Morgan fingerprint density at radius 3 is 2.27 bits per heavy atom. The van der Waals surface area contributed by atoms with E-state index in [4.69, 9.17) is 26.4 Å². The molecule has 0 unspecified atom stereocenters. The molecule has 0 heterocycles. The quantitative estimate of drug-likeness (QED) is 0.440. The average molecular weight is 377 g/mol. The molecule has 0 bridgehead atoms. The summed E-state index contributed by atoms with van der Waals surface area (Å²) in [6, 6.07) is 9.62. The Bertz CT molecular complexity index is 782. The number of nitrogens with one attached hydrogen (secondary N) is 2. The van der Waals surface area contributed by atoms with Gasteiger partial charge >= 0.3 is 0 Å². The van der Waals surface area contributed by atoms with Gasteiger partial charge in [0.25, 0.3) is 0 Å². The highest BCUT2D eigenvalue weighted by Crippen LogP contribution is 2.33. The fraction of sp³-hybridized carbons (Fsp3) is 0.222. The Morgan fingerprint density at radius 2 is 1.65 bits per heavy atom. The summed E-state index contributed by atoms with van der Waals surface area (Å²) >= 11 is 5.16. The van der Waals surface area contributed by atoms with Gasteiger partial charge in [-0.05, 0) is 36.0 Å². The van der Waals surface area contributed by atoms with Crippen LogP contribution in [0.15, 0.2) is 41.5 Å². The van der Waals surface area contributed by atoms with Crippen molar-refractivity contribution in [1.82, 2.24) is 10.7 Å². The molecule has 138 valence electrons. The van der Waals surface area contributed by atoms with Crippen LogP contribution < -0.4 is 25.0 Å². The Balaban J connectivity index is 1.96. The molecule has 2 N–H and O–H groups in total. The van der Waals surface area contributed by atoms with E-state index in [0.717, 1.165) is 5.56 Å². The van der Waals surface area contributed by atoms with Crippen molar-refractivity contribution in [2.75, 3.05) is 21.3 Å². The lowest BCUT2D eigenvalue weighted by Gasteiger charge is -2.12. The van der Waals surface area contributed by atoms with Crippen LogP contribution in [0.25, 0.3) is 0 Å². The van der Waals surface area contributed by atoms with E-state index in [1.807, 2.05) is 0 Å². The molecule has 0 fully saturated rings. The van der Waals surface area contributed by atoms with Crippen molar-refractivity contribution in [1.29, 1.82) is 0 Å². The number of methoxy groups -OCH3 is 3. The molecule has 0 aliphatic heterocycles. The SMILES string of the molecule is COc1cc(OC)c(OC)cc1/C=N\NC(=S)NCc1ccc(F)cc1. The molecule has 0 saturated heterocycles. The highest BCUT2D eigenvalue weighted by Gasteiger charge is 2.10. The third kappa shape index (κ3) is 5.32. The maximum atomic E-state index is 12.9. The molecule has 8 heteroatoms. The molecule has 0 aliphatic carbocycles. The number of hydrazone groups is 1. The second kappa shape index (κ2) is 9.57. The molecule has 26 heavy (non-hydrogen) atoms. The number of benzene rings is 2. The van der Waals surface area contributed by atoms with Crippen LogP contribution in [0, 0.1) is 5.82 Å². The van der Waals surface area contributed by atoms with E-state index in [1.54, 1.807) is 51.8 Å². The van der Waals surface area contributed by atoms with Gasteiger partial charge in [-0.3, -0.25) is 5.43 Å². The summed E-state index contributed by atoms with van der Waals surface area (Å²) in [4.78, 5) is 0. The van der Waals surface area contributed by atoms with E-state index >= 15 is 0 Å². The highest BCUT2D eigenvalue weighted by molar-refractivity contribution is 7.80. The molecule has 0 saturated carbocycles. The zero-order valence-electron chi connectivity index (χ0n) is 14.7. The second-order valence-corrected chi connectivity index (χ2v) is 5.54. The van der Waals surface area contributed by atoms with Gasteiger partial charge in [0, 0.05) is 18.2 Å². The number of nitrogens with zero attached hydrogens (tertiary/aromatic N) is 1. The fourth-order valence-electron chi connectivity index (χ4n) is 2.14. The molecule has 0 radical (unpaired) electrons. The summed E-state index contributed by atoms with van der Waals surface area (Å²) < 4.78 is 28.7. The van der Waals surface area contributed by atoms with Crippen LogP contribution in [0.3, 0.4) is 0 Å². The number of halogens is 1. The summed E-state index contributed by atoms with van der Waals surface area (Å²) in [5.74, 6) is 1.43. The number of rotatable bonds is 7. The van der Waals surface area contributed by atoms with E-state index in [2.05, 4.69) is 15.8 Å². The van der Waals surface area contributed by atoms with E-state index in [-0.39, 0.29) is 5.82 Å². The minimum atomic E-state index is -0.275.